The Labute approximate surface area is 103 Å². The van der Waals surface area contributed by atoms with E-state index in [1.54, 1.807) is 4.90 Å². The maximum absolute atomic E-state index is 14.2. The highest BCUT2D eigenvalue weighted by Gasteiger charge is 2.36. The van der Waals surface area contributed by atoms with Gasteiger partial charge in [0.2, 0.25) is 5.91 Å². The highest BCUT2D eigenvalue weighted by Crippen LogP contribution is 2.26. The van der Waals surface area contributed by atoms with Crippen LogP contribution in [-0.4, -0.2) is 68.3 Å². The monoisotopic (exact) mass is 246 g/mol. The number of likely N-dealkylation sites (N-methyl/N-ethyl adjacent to an activating group) is 1. The number of likely N-dealkylation sites (tertiary alicyclic amines) is 1. The summed E-state index contributed by atoms with van der Waals surface area (Å²) in [5.74, 6) is 0.0773. The summed E-state index contributed by atoms with van der Waals surface area (Å²) >= 11 is 0. The molecule has 0 bridgehead atoms. The lowest BCUT2D eigenvalue weighted by Crippen LogP contribution is -2.48. The minimum absolute atomic E-state index is 0.0773. The fraction of sp³-hybridized carbons (Fsp3) is 0.917. The Morgan fingerprint density at radius 2 is 2.00 bits per heavy atom. The molecule has 0 aromatic heterocycles. The van der Waals surface area contributed by atoms with E-state index in [-0.39, 0.29) is 12.5 Å². The molecule has 0 aromatic rings. The van der Waals surface area contributed by atoms with Crippen molar-refractivity contribution >= 4 is 5.91 Å². The Morgan fingerprint density at radius 3 is 2.47 bits per heavy atom. The lowest BCUT2D eigenvalue weighted by Gasteiger charge is -2.36. The van der Waals surface area contributed by atoms with Crippen molar-refractivity contribution in [3.63, 3.8) is 0 Å². The minimum atomic E-state index is -1.25. The van der Waals surface area contributed by atoms with Crippen LogP contribution in [0.25, 0.3) is 0 Å². The van der Waals surface area contributed by atoms with Crippen LogP contribution in [0.15, 0.2) is 0 Å². The molecule has 0 aromatic carbocycles. The first-order valence-electron chi connectivity index (χ1n) is 6.16. The topological polar surface area (TPSA) is 32.8 Å². The second kappa shape index (κ2) is 6.31. The smallest absolute Gasteiger partial charge is 0.236 e. The SMILES string of the molecule is CCOCC1(F)CCN(C(=O)CN(C)C)CC1. The standard InChI is InChI=1S/C12H23FN2O2/c1-4-17-10-12(13)5-7-15(8-6-12)11(16)9-14(2)3/h4-10H2,1-3H3. The largest absolute Gasteiger partial charge is 0.378 e. The van der Waals surface area contributed by atoms with E-state index in [0.717, 1.165) is 0 Å². The maximum atomic E-state index is 14.2. The van der Waals surface area contributed by atoms with E-state index in [0.29, 0.717) is 39.1 Å². The summed E-state index contributed by atoms with van der Waals surface area (Å²) in [6, 6.07) is 0. The molecule has 0 unspecified atom stereocenters. The van der Waals surface area contributed by atoms with Crippen LogP contribution >= 0.6 is 0 Å². The molecule has 100 valence electrons. The lowest BCUT2D eigenvalue weighted by molar-refractivity contribution is -0.135. The first-order chi connectivity index (χ1) is 7.97. The van der Waals surface area contributed by atoms with Crippen molar-refractivity contribution in [3.05, 3.63) is 0 Å². The predicted octanol–water partition coefficient (Wildman–Crippen LogP) is 0.915. The molecule has 1 amide bonds. The number of piperidine rings is 1. The molecule has 0 saturated carbocycles. The van der Waals surface area contributed by atoms with Crippen molar-refractivity contribution in [1.82, 2.24) is 9.80 Å². The molecule has 0 radical (unpaired) electrons. The first-order valence-corrected chi connectivity index (χ1v) is 6.16. The molecule has 4 nitrogen and oxygen atoms in total. The van der Waals surface area contributed by atoms with Gasteiger partial charge in [0.05, 0.1) is 13.2 Å². The Morgan fingerprint density at radius 1 is 1.41 bits per heavy atom. The van der Waals surface area contributed by atoms with E-state index in [2.05, 4.69) is 0 Å². The van der Waals surface area contributed by atoms with Gasteiger partial charge in [-0.05, 0) is 21.0 Å². The van der Waals surface area contributed by atoms with Gasteiger partial charge in [0, 0.05) is 32.5 Å². The van der Waals surface area contributed by atoms with Crippen LogP contribution in [0.1, 0.15) is 19.8 Å². The molecule has 1 aliphatic rings. The Hall–Kier alpha value is -0.680. The highest BCUT2D eigenvalue weighted by atomic mass is 19.1. The molecular weight excluding hydrogens is 223 g/mol. The quantitative estimate of drug-likeness (QED) is 0.723. The first kappa shape index (κ1) is 14.4. The van der Waals surface area contributed by atoms with E-state index in [4.69, 9.17) is 4.74 Å². The van der Waals surface area contributed by atoms with Gasteiger partial charge in [-0.2, -0.15) is 0 Å². The van der Waals surface area contributed by atoms with Gasteiger partial charge in [0.1, 0.15) is 5.67 Å². The number of hydrogen-bond donors (Lipinski definition) is 0. The van der Waals surface area contributed by atoms with Crippen LogP contribution in [0.5, 0.6) is 0 Å². The third-order valence-electron chi connectivity index (χ3n) is 3.03. The van der Waals surface area contributed by atoms with Crippen molar-refractivity contribution in [2.75, 3.05) is 46.9 Å². The number of ether oxygens (including phenoxy) is 1. The summed E-state index contributed by atoms with van der Waals surface area (Å²) in [6.07, 6.45) is 0.762. The molecule has 1 fully saturated rings. The molecule has 1 saturated heterocycles. The van der Waals surface area contributed by atoms with Crippen molar-refractivity contribution in [2.24, 2.45) is 0 Å². The molecule has 0 N–H and O–H groups in total. The van der Waals surface area contributed by atoms with Gasteiger partial charge in [-0.1, -0.05) is 0 Å². The zero-order valence-electron chi connectivity index (χ0n) is 11.0. The van der Waals surface area contributed by atoms with Gasteiger partial charge in [0.15, 0.2) is 0 Å². The van der Waals surface area contributed by atoms with Crippen LogP contribution in [-0.2, 0) is 9.53 Å². The summed E-state index contributed by atoms with van der Waals surface area (Å²) in [5.41, 5.74) is -1.25. The molecular formula is C12H23FN2O2. The van der Waals surface area contributed by atoms with Gasteiger partial charge >= 0.3 is 0 Å². The number of alkyl halides is 1. The van der Waals surface area contributed by atoms with Crippen molar-refractivity contribution in [1.29, 1.82) is 0 Å². The number of halogens is 1. The zero-order valence-corrected chi connectivity index (χ0v) is 11.0. The summed E-state index contributed by atoms with van der Waals surface area (Å²) in [6.45, 7) is 3.94. The highest BCUT2D eigenvalue weighted by molar-refractivity contribution is 5.78. The zero-order chi connectivity index (χ0) is 12.9. The molecule has 17 heavy (non-hydrogen) atoms. The number of carbonyl (C=O) groups excluding carboxylic acids is 1. The molecule has 1 heterocycles. The van der Waals surface area contributed by atoms with Crippen molar-refractivity contribution < 1.29 is 13.9 Å². The number of rotatable bonds is 5. The van der Waals surface area contributed by atoms with Gasteiger partial charge < -0.3 is 14.5 Å². The van der Waals surface area contributed by atoms with Crippen molar-refractivity contribution in [3.8, 4) is 0 Å². The third kappa shape index (κ3) is 4.60. The van der Waals surface area contributed by atoms with Crippen LogP contribution in [0.4, 0.5) is 4.39 Å². The molecule has 0 aliphatic carbocycles. The van der Waals surface area contributed by atoms with Gasteiger partial charge in [0.25, 0.3) is 0 Å². The van der Waals surface area contributed by atoms with E-state index in [1.807, 2.05) is 25.9 Å². The average Bonchev–Trinajstić information content (AvgIpc) is 2.26. The molecule has 0 atom stereocenters. The number of carbonyl (C=O) groups is 1. The minimum Gasteiger partial charge on any atom is -0.378 e. The average molecular weight is 246 g/mol. The maximum Gasteiger partial charge on any atom is 0.236 e. The van der Waals surface area contributed by atoms with Gasteiger partial charge in [-0.15, -0.1) is 0 Å². The second-order valence-electron chi connectivity index (χ2n) is 4.91. The Balaban J connectivity index is 2.37. The van der Waals surface area contributed by atoms with Gasteiger partial charge in [-0.25, -0.2) is 4.39 Å². The molecule has 1 rings (SSSR count). The molecule has 0 spiro atoms. The summed E-state index contributed by atoms with van der Waals surface area (Å²) < 4.78 is 19.3. The van der Waals surface area contributed by atoms with E-state index >= 15 is 0 Å². The molecule has 1 aliphatic heterocycles. The van der Waals surface area contributed by atoms with Crippen LogP contribution in [0.2, 0.25) is 0 Å². The fourth-order valence-corrected chi connectivity index (χ4v) is 1.96. The van der Waals surface area contributed by atoms with Crippen LogP contribution < -0.4 is 0 Å². The molecule has 5 heteroatoms. The fourth-order valence-electron chi connectivity index (χ4n) is 1.96. The van der Waals surface area contributed by atoms with E-state index in [9.17, 15) is 9.18 Å². The van der Waals surface area contributed by atoms with Gasteiger partial charge in [-0.3, -0.25) is 4.79 Å². The Kier molecular flexibility index (Phi) is 5.33. The normalized spacial score (nSPS) is 19.7. The summed E-state index contributed by atoms with van der Waals surface area (Å²) in [4.78, 5) is 15.3. The third-order valence-corrected chi connectivity index (χ3v) is 3.03. The predicted molar refractivity (Wildman–Crippen MR) is 64.7 cm³/mol. The Bertz CT molecular complexity index is 251. The number of nitrogens with zero attached hydrogens (tertiary/aromatic N) is 2. The number of amides is 1. The summed E-state index contributed by atoms with van der Waals surface area (Å²) in [7, 11) is 3.72. The number of hydrogen-bond acceptors (Lipinski definition) is 3. The van der Waals surface area contributed by atoms with E-state index in [1.165, 1.54) is 0 Å². The lowest BCUT2D eigenvalue weighted by atomic mass is 9.94. The van der Waals surface area contributed by atoms with Crippen molar-refractivity contribution in [2.45, 2.75) is 25.4 Å². The summed E-state index contributed by atoms with van der Waals surface area (Å²) in [5, 5.41) is 0. The van der Waals surface area contributed by atoms with E-state index < -0.39 is 5.67 Å². The second-order valence-corrected chi connectivity index (χ2v) is 4.91. The van der Waals surface area contributed by atoms with Crippen LogP contribution in [0, 0.1) is 0 Å². The van der Waals surface area contributed by atoms with Crippen LogP contribution in [0.3, 0.4) is 0 Å².